The molecule has 7 heteroatoms. The van der Waals surface area contributed by atoms with Crippen LogP contribution in [0.4, 0.5) is 4.39 Å². The second-order valence-electron chi connectivity index (χ2n) is 9.42. The maximum Gasteiger partial charge on any atom is 0.271 e. The molecule has 1 saturated carbocycles. The Labute approximate surface area is 186 Å². The smallest absolute Gasteiger partial charge is 0.271 e. The third kappa shape index (κ3) is 3.40. The Morgan fingerprint density at radius 2 is 2.06 bits per heavy atom. The van der Waals surface area contributed by atoms with Crippen molar-refractivity contribution in [2.75, 3.05) is 0 Å². The molecule has 0 radical (unpaired) electrons. The molecule has 0 bridgehead atoms. The van der Waals surface area contributed by atoms with Crippen LogP contribution in [-0.2, 0) is 17.9 Å². The molecule has 0 unspecified atom stereocenters. The van der Waals surface area contributed by atoms with E-state index in [4.69, 9.17) is 4.42 Å². The normalized spacial score (nSPS) is 25.7. The van der Waals surface area contributed by atoms with Crippen LogP contribution in [0.5, 0.6) is 0 Å². The summed E-state index contributed by atoms with van der Waals surface area (Å²) >= 11 is 0. The van der Waals surface area contributed by atoms with E-state index in [2.05, 4.69) is 12.2 Å². The summed E-state index contributed by atoms with van der Waals surface area (Å²) < 4.78 is 21.2. The molecule has 2 amide bonds. The number of nitrogens with one attached hydrogen (secondary N) is 1. The van der Waals surface area contributed by atoms with Gasteiger partial charge in [0.15, 0.2) is 5.58 Å². The molecule has 6 nitrogen and oxygen atoms in total. The van der Waals surface area contributed by atoms with E-state index < -0.39 is 5.54 Å². The Hall–Kier alpha value is -3.09. The van der Waals surface area contributed by atoms with Crippen molar-refractivity contribution in [3.63, 3.8) is 0 Å². The maximum absolute atomic E-state index is 13.9. The first-order valence-corrected chi connectivity index (χ1v) is 11.3. The fourth-order valence-electron chi connectivity index (χ4n) is 5.19. The van der Waals surface area contributed by atoms with Crippen LogP contribution in [0.3, 0.4) is 0 Å². The molecular weight excluding hydrogens is 409 g/mol. The molecule has 3 heterocycles. The predicted octanol–water partition coefficient (Wildman–Crippen LogP) is 4.48. The van der Waals surface area contributed by atoms with E-state index in [1.54, 1.807) is 29.4 Å². The largest absolute Gasteiger partial charge is 0.463 e. The highest BCUT2D eigenvalue weighted by Crippen LogP contribution is 2.34. The number of furan rings is 1. The lowest BCUT2D eigenvalue weighted by atomic mass is 9.85. The van der Waals surface area contributed by atoms with Crippen LogP contribution in [0.1, 0.15) is 55.6 Å². The van der Waals surface area contributed by atoms with Crippen LogP contribution in [-0.4, -0.2) is 32.9 Å². The fourth-order valence-corrected chi connectivity index (χ4v) is 5.19. The number of nitrogens with zero attached hydrogens (tertiary/aromatic N) is 2. The molecule has 2 aliphatic rings. The van der Waals surface area contributed by atoms with Crippen molar-refractivity contribution in [2.24, 2.45) is 5.92 Å². The highest BCUT2D eigenvalue weighted by molar-refractivity contribution is 6.02. The number of rotatable bonds is 4. The number of benzene rings is 1. The molecule has 2 aromatic heterocycles. The zero-order chi connectivity index (χ0) is 22.5. The number of fused-ring (bicyclic) bond motifs is 3. The molecule has 1 aliphatic carbocycles. The van der Waals surface area contributed by atoms with Gasteiger partial charge in [0.2, 0.25) is 5.91 Å². The lowest BCUT2D eigenvalue weighted by Crippen LogP contribution is -2.65. The third-order valence-electron chi connectivity index (χ3n) is 7.20. The average molecular weight is 438 g/mol. The Morgan fingerprint density at radius 1 is 1.25 bits per heavy atom. The Kier molecular flexibility index (Phi) is 5.07. The van der Waals surface area contributed by atoms with Crippen molar-refractivity contribution in [2.45, 2.75) is 64.2 Å². The molecule has 1 N–H and O–H groups in total. The molecule has 1 aromatic carbocycles. The number of hydrogen-bond donors (Lipinski definition) is 1. The van der Waals surface area contributed by atoms with E-state index in [0.29, 0.717) is 29.3 Å². The lowest BCUT2D eigenvalue weighted by molar-refractivity contribution is -0.134. The Morgan fingerprint density at radius 3 is 2.84 bits per heavy atom. The summed E-state index contributed by atoms with van der Waals surface area (Å²) in [5.41, 5.74) is 1.41. The first-order chi connectivity index (χ1) is 15.4. The van der Waals surface area contributed by atoms with Crippen LogP contribution in [0.25, 0.3) is 11.1 Å². The van der Waals surface area contributed by atoms with E-state index in [1.807, 2.05) is 17.6 Å². The highest BCUT2D eigenvalue weighted by Gasteiger charge is 2.48. The third-order valence-corrected chi connectivity index (χ3v) is 7.20. The van der Waals surface area contributed by atoms with Crippen molar-refractivity contribution < 1.29 is 18.4 Å². The van der Waals surface area contributed by atoms with E-state index in [1.165, 1.54) is 18.6 Å². The van der Waals surface area contributed by atoms with Crippen molar-refractivity contribution in [3.8, 4) is 0 Å². The zero-order valence-electron chi connectivity index (χ0n) is 18.4. The summed E-state index contributed by atoms with van der Waals surface area (Å²) in [5, 5.41) is 3.25. The predicted molar refractivity (Wildman–Crippen MR) is 118 cm³/mol. The molecule has 32 heavy (non-hydrogen) atoms. The molecule has 1 fully saturated rings. The van der Waals surface area contributed by atoms with Crippen molar-refractivity contribution in [3.05, 3.63) is 59.7 Å². The van der Waals surface area contributed by atoms with Gasteiger partial charge in [-0.3, -0.25) is 9.59 Å². The number of halogens is 1. The van der Waals surface area contributed by atoms with Crippen LogP contribution >= 0.6 is 0 Å². The minimum Gasteiger partial charge on any atom is -0.463 e. The van der Waals surface area contributed by atoms with E-state index in [9.17, 15) is 14.0 Å². The van der Waals surface area contributed by atoms with E-state index in [-0.39, 0.29) is 30.2 Å². The van der Waals surface area contributed by atoms with E-state index in [0.717, 1.165) is 24.8 Å². The van der Waals surface area contributed by atoms with Gasteiger partial charge in [0.1, 0.15) is 17.1 Å². The summed E-state index contributed by atoms with van der Waals surface area (Å²) in [5.74, 6) is -0.400. The van der Waals surface area contributed by atoms with Gasteiger partial charge in [-0.05, 0) is 43.4 Å². The Balaban J connectivity index is 1.53. The first kappa shape index (κ1) is 20.8. The van der Waals surface area contributed by atoms with Crippen molar-refractivity contribution in [1.29, 1.82) is 0 Å². The van der Waals surface area contributed by atoms with Gasteiger partial charge in [0.05, 0.1) is 18.3 Å². The van der Waals surface area contributed by atoms with Crippen molar-refractivity contribution >= 4 is 22.9 Å². The highest BCUT2D eigenvalue weighted by atomic mass is 19.1. The summed E-state index contributed by atoms with van der Waals surface area (Å²) in [6.07, 6.45) is 5.89. The second kappa shape index (κ2) is 7.80. The minimum atomic E-state index is -1.13. The van der Waals surface area contributed by atoms with Gasteiger partial charge in [-0.15, -0.1) is 0 Å². The topological polar surface area (TPSA) is 67.5 Å². The lowest BCUT2D eigenvalue weighted by Gasteiger charge is -2.45. The van der Waals surface area contributed by atoms with Crippen molar-refractivity contribution in [1.82, 2.24) is 14.8 Å². The SMILES string of the molecule is C[C@@H]1CCCC[C@H]1NC(=O)[C@@]1(C)Cn2c(cc3occc32)C(=O)N1Cc1cccc(F)c1. The van der Waals surface area contributed by atoms with Gasteiger partial charge in [0, 0.05) is 24.7 Å². The molecule has 168 valence electrons. The van der Waals surface area contributed by atoms with E-state index >= 15 is 0 Å². The first-order valence-electron chi connectivity index (χ1n) is 11.3. The fraction of sp³-hybridized carbons (Fsp3) is 0.440. The molecule has 3 atom stereocenters. The van der Waals surface area contributed by atoms with Gasteiger partial charge >= 0.3 is 0 Å². The molecule has 5 rings (SSSR count). The molecule has 0 saturated heterocycles. The summed E-state index contributed by atoms with van der Waals surface area (Å²) in [4.78, 5) is 29.0. The number of aromatic nitrogens is 1. The van der Waals surface area contributed by atoms with Gasteiger partial charge in [-0.1, -0.05) is 31.9 Å². The number of carbonyl (C=O) groups is 2. The molecule has 3 aromatic rings. The summed E-state index contributed by atoms with van der Waals surface area (Å²) in [6, 6.07) is 9.81. The van der Waals surface area contributed by atoms with Gasteiger partial charge in [-0.25, -0.2) is 4.39 Å². The average Bonchev–Trinajstić information content (AvgIpc) is 3.35. The monoisotopic (exact) mass is 437 g/mol. The van der Waals surface area contributed by atoms with Crippen LogP contribution in [0.2, 0.25) is 0 Å². The standard InChI is InChI=1S/C25H28FN3O3/c1-16-6-3-4-9-19(16)27-24(31)25(2)15-28-20-10-11-32-22(20)13-21(28)23(30)29(25)14-17-7-5-8-18(26)12-17/h5,7-8,10-13,16,19H,3-4,6,9,14-15H2,1-2H3,(H,27,31)/t16-,19-,25-/m1/s1. The number of carbonyl (C=O) groups excluding carboxylic acids is 2. The molecule has 0 spiro atoms. The summed E-state index contributed by atoms with van der Waals surface area (Å²) in [7, 11) is 0. The number of hydrogen-bond acceptors (Lipinski definition) is 3. The molecule has 1 aliphatic heterocycles. The van der Waals surface area contributed by atoms with Crippen LogP contribution in [0, 0.1) is 11.7 Å². The zero-order valence-corrected chi connectivity index (χ0v) is 18.4. The van der Waals surface area contributed by atoms with Gasteiger partial charge in [-0.2, -0.15) is 0 Å². The minimum absolute atomic E-state index is 0.0965. The quantitative estimate of drug-likeness (QED) is 0.654. The Bertz CT molecular complexity index is 1180. The maximum atomic E-state index is 13.9. The van der Waals surface area contributed by atoms with Gasteiger partial charge < -0.3 is 19.2 Å². The summed E-state index contributed by atoms with van der Waals surface area (Å²) in [6.45, 7) is 4.43. The number of amides is 2. The van der Waals surface area contributed by atoms with Gasteiger partial charge in [0.25, 0.3) is 5.91 Å². The van der Waals surface area contributed by atoms with Crippen LogP contribution in [0.15, 0.2) is 47.1 Å². The second-order valence-corrected chi connectivity index (χ2v) is 9.42. The van der Waals surface area contributed by atoms with Crippen LogP contribution < -0.4 is 5.32 Å². The molecular formula is C25H28FN3O3.